The van der Waals surface area contributed by atoms with E-state index in [1.807, 2.05) is 38.1 Å². The Balaban J connectivity index is 2.40. The van der Waals surface area contributed by atoms with Crippen molar-refractivity contribution in [3.05, 3.63) is 24.3 Å². The summed E-state index contributed by atoms with van der Waals surface area (Å²) in [4.78, 5) is 0. The number of rotatable bonds is 9. The van der Waals surface area contributed by atoms with Gasteiger partial charge in [-0.3, -0.25) is 4.18 Å². The van der Waals surface area contributed by atoms with Gasteiger partial charge in [0.2, 0.25) is 0 Å². The van der Waals surface area contributed by atoms with Crippen LogP contribution in [0.15, 0.2) is 24.3 Å². The summed E-state index contributed by atoms with van der Waals surface area (Å²) in [5.74, 6) is 1.53. The van der Waals surface area contributed by atoms with E-state index in [4.69, 9.17) is 9.47 Å². The van der Waals surface area contributed by atoms with Crippen LogP contribution < -0.4 is 9.47 Å². The zero-order valence-electron chi connectivity index (χ0n) is 13.0. The van der Waals surface area contributed by atoms with Gasteiger partial charge in [0.05, 0.1) is 25.1 Å². The lowest BCUT2D eigenvalue weighted by molar-refractivity contribution is 0.179. The van der Waals surface area contributed by atoms with Crippen molar-refractivity contribution in [2.45, 2.75) is 45.8 Å². The second kappa shape index (κ2) is 8.24. The average Bonchev–Trinajstić information content (AvgIpc) is 2.39. The highest BCUT2D eigenvalue weighted by Gasteiger charge is 2.08. The van der Waals surface area contributed by atoms with Gasteiger partial charge in [0.25, 0.3) is 10.1 Å². The minimum atomic E-state index is -3.38. The summed E-state index contributed by atoms with van der Waals surface area (Å²) in [6, 6.07) is 7.40. The molecule has 0 aliphatic heterocycles. The molecule has 0 aliphatic rings. The quantitative estimate of drug-likeness (QED) is 0.655. The molecule has 1 aromatic rings. The van der Waals surface area contributed by atoms with Crippen LogP contribution >= 0.6 is 0 Å². The Bertz CT molecular complexity index is 509. The molecular formula is C15H24O5S. The van der Waals surface area contributed by atoms with Gasteiger partial charge in [-0.1, -0.05) is 6.92 Å². The third-order valence-electron chi connectivity index (χ3n) is 2.89. The van der Waals surface area contributed by atoms with Gasteiger partial charge in [-0.2, -0.15) is 8.42 Å². The SMILES string of the molecule is CCC(C)Oc1ccc(OC(C)CCOS(C)(=O)=O)cc1. The van der Waals surface area contributed by atoms with Crippen molar-refractivity contribution in [2.75, 3.05) is 12.9 Å². The van der Waals surface area contributed by atoms with Crippen molar-refractivity contribution in [3.63, 3.8) is 0 Å². The lowest BCUT2D eigenvalue weighted by Gasteiger charge is -2.16. The molecule has 0 aromatic heterocycles. The van der Waals surface area contributed by atoms with E-state index in [0.717, 1.165) is 24.2 Å². The fourth-order valence-corrected chi connectivity index (χ4v) is 1.97. The molecule has 2 atom stereocenters. The van der Waals surface area contributed by atoms with Crippen LogP contribution in [0, 0.1) is 0 Å². The van der Waals surface area contributed by atoms with E-state index in [1.54, 1.807) is 0 Å². The zero-order valence-corrected chi connectivity index (χ0v) is 13.9. The Labute approximate surface area is 127 Å². The Morgan fingerprint density at radius 3 is 1.90 bits per heavy atom. The minimum absolute atomic E-state index is 0.120. The Kier molecular flexibility index (Phi) is 6.98. The molecule has 0 heterocycles. The maximum absolute atomic E-state index is 10.8. The molecule has 1 rings (SSSR count). The van der Waals surface area contributed by atoms with Gasteiger partial charge in [-0.25, -0.2) is 0 Å². The summed E-state index contributed by atoms with van der Waals surface area (Å²) in [5.41, 5.74) is 0. The molecule has 0 spiro atoms. The molecule has 6 heteroatoms. The topological polar surface area (TPSA) is 61.8 Å². The highest BCUT2D eigenvalue weighted by molar-refractivity contribution is 7.85. The van der Waals surface area contributed by atoms with Crippen molar-refractivity contribution in [1.29, 1.82) is 0 Å². The molecule has 0 aliphatic carbocycles. The minimum Gasteiger partial charge on any atom is -0.491 e. The Hall–Kier alpha value is -1.27. The third kappa shape index (κ3) is 7.92. The van der Waals surface area contributed by atoms with E-state index in [-0.39, 0.29) is 18.8 Å². The molecule has 2 unspecified atom stereocenters. The van der Waals surface area contributed by atoms with E-state index < -0.39 is 10.1 Å². The Morgan fingerprint density at radius 2 is 1.48 bits per heavy atom. The van der Waals surface area contributed by atoms with Gasteiger partial charge in [-0.15, -0.1) is 0 Å². The normalized spacial score (nSPS) is 14.5. The first-order valence-corrected chi connectivity index (χ1v) is 8.89. The van der Waals surface area contributed by atoms with Crippen molar-refractivity contribution in [1.82, 2.24) is 0 Å². The smallest absolute Gasteiger partial charge is 0.264 e. The van der Waals surface area contributed by atoms with Crippen LogP contribution in [0.25, 0.3) is 0 Å². The molecule has 21 heavy (non-hydrogen) atoms. The van der Waals surface area contributed by atoms with E-state index >= 15 is 0 Å². The highest BCUT2D eigenvalue weighted by atomic mass is 32.2. The Morgan fingerprint density at radius 1 is 1.00 bits per heavy atom. The monoisotopic (exact) mass is 316 g/mol. The van der Waals surface area contributed by atoms with E-state index in [9.17, 15) is 8.42 Å². The van der Waals surface area contributed by atoms with Crippen LogP contribution in [-0.2, 0) is 14.3 Å². The lowest BCUT2D eigenvalue weighted by Crippen LogP contribution is -2.16. The summed E-state index contributed by atoms with van der Waals surface area (Å²) in [7, 11) is -3.38. The van der Waals surface area contributed by atoms with Crippen molar-refractivity contribution in [3.8, 4) is 11.5 Å². The number of ether oxygens (including phenoxy) is 2. The third-order valence-corrected chi connectivity index (χ3v) is 3.49. The number of hydrogen-bond acceptors (Lipinski definition) is 5. The molecule has 0 amide bonds. The largest absolute Gasteiger partial charge is 0.491 e. The van der Waals surface area contributed by atoms with Crippen LogP contribution in [0.3, 0.4) is 0 Å². The summed E-state index contributed by atoms with van der Waals surface area (Å²) in [6.45, 7) is 6.08. The molecule has 0 bridgehead atoms. The lowest BCUT2D eigenvalue weighted by atomic mass is 10.2. The molecule has 0 saturated carbocycles. The van der Waals surface area contributed by atoms with Gasteiger partial charge in [0.1, 0.15) is 11.5 Å². The zero-order chi connectivity index (χ0) is 15.9. The van der Waals surface area contributed by atoms with E-state index in [1.165, 1.54) is 0 Å². The first kappa shape index (κ1) is 17.8. The molecule has 1 aromatic carbocycles. The second-order valence-electron chi connectivity index (χ2n) is 5.05. The van der Waals surface area contributed by atoms with Crippen molar-refractivity contribution < 1.29 is 22.1 Å². The summed E-state index contributed by atoms with van der Waals surface area (Å²) < 4.78 is 37.7. The van der Waals surface area contributed by atoms with Crippen LogP contribution in [0.2, 0.25) is 0 Å². The van der Waals surface area contributed by atoms with Gasteiger partial charge < -0.3 is 9.47 Å². The molecule has 120 valence electrons. The summed E-state index contributed by atoms with van der Waals surface area (Å²) in [5, 5.41) is 0. The summed E-state index contributed by atoms with van der Waals surface area (Å²) >= 11 is 0. The molecule has 5 nitrogen and oxygen atoms in total. The summed E-state index contributed by atoms with van der Waals surface area (Å²) in [6.07, 6.45) is 2.54. The average molecular weight is 316 g/mol. The van der Waals surface area contributed by atoms with Crippen LogP contribution in [0.1, 0.15) is 33.6 Å². The first-order valence-electron chi connectivity index (χ1n) is 7.08. The fourth-order valence-electron chi connectivity index (χ4n) is 1.57. The van der Waals surface area contributed by atoms with E-state index in [2.05, 4.69) is 11.1 Å². The second-order valence-corrected chi connectivity index (χ2v) is 6.70. The highest BCUT2D eigenvalue weighted by Crippen LogP contribution is 2.20. The molecule has 0 saturated heterocycles. The molecular weight excluding hydrogens is 292 g/mol. The standard InChI is InChI=1S/C15H24O5S/c1-5-12(2)19-14-6-8-15(9-7-14)20-13(3)10-11-18-21(4,16)17/h6-9,12-13H,5,10-11H2,1-4H3. The van der Waals surface area contributed by atoms with Crippen LogP contribution in [0.5, 0.6) is 11.5 Å². The van der Waals surface area contributed by atoms with Gasteiger partial charge >= 0.3 is 0 Å². The van der Waals surface area contributed by atoms with Gasteiger partial charge in [-0.05, 0) is 44.5 Å². The fraction of sp³-hybridized carbons (Fsp3) is 0.600. The van der Waals surface area contributed by atoms with Gasteiger partial charge in [0.15, 0.2) is 0 Å². The first-order chi connectivity index (χ1) is 9.80. The molecule has 0 N–H and O–H groups in total. The van der Waals surface area contributed by atoms with Gasteiger partial charge in [0, 0.05) is 6.42 Å². The molecule has 0 fully saturated rings. The van der Waals surface area contributed by atoms with Crippen molar-refractivity contribution in [2.24, 2.45) is 0 Å². The number of benzene rings is 1. The maximum atomic E-state index is 10.8. The number of hydrogen-bond donors (Lipinski definition) is 0. The van der Waals surface area contributed by atoms with Crippen LogP contribution in [-0.4, -0.2) is 33.5 Å². The van der Waals surface area contributed by atoms with Crippen molar-refractivity contribution >= 4 is 10.1 Å². The molecule has 0 radical (unpaired) electrons. The maximum Gasteiger partial charge on any atom is 0.264 e. The predicted octanol–water partition coefficient (Wildman–Crippen LogP) is 3.00. The van der Waals surface area contributed by atoms with Crippen LogP contribution in [0.4, 0.5) is 0 Å². The van der Waals surface area contributed by atoms with E-state index in [0.29, 0.717) is 6.42 Å². The predicted molar refractivity (Wildman–Crippen MR) is 82.3 cm³/mol.